The van der Waals surface area contributed by atoms with E-state index in [-0.39, 0.29) is 0 Å². The first-order valence-corrected chi connectivity index (χ1v) is 14.1. The summed E-state index contributed by atoms with van der Waals surface area (Å²) in [6.45, 7) is 0. The molecule has 0 saturated carbocycles. The van der Waals surface area contributed by atoms with Crippen molar-refractivity contribution in [2.75, 3.05) is 0 Å². The van der Waals surface area contributed by atoms with E-state index in [1.807, 2.05) is 12.1 Å². The van der Waals surface area contributed by atoms with Crippen molar-refractivity contribution in [1.29, 1.82) is 0 Å². The minimum atomic E-state index is -2.25. The number of hydrogen-bond donors (Lipinski definition) is 0. The molecule has 0 bridgehead atoms. The molecule has 0 fully saturated rings. The Morgan fingerprint density at radius 1 is 1.17 bits per heavy atom. The molecule has 0 spiro atoms. The van der Waals surface area contributed by atoms with Crippen LogP contribution in [-0.2, 0) is 0 Å². The number of rotatable bonds is 1. The minimum absolute atomic E-state index is 0.381. The van der Waals surface area contributed by atoms with Crippen molar-refractivity contribution in [1.82, 2.24) is 0 Å². The molecule has 3 heteroatoms. The van der Waals surface area contributed by atoms with Crippen LogP contribution >= 0.6 is 17.2 Å². The fourth-order valence-electron chi connectivity index (χ4n) is 1.50. The molecule has 0 heterocycles. The van der Waals surface area contributed by atoms with E-state index in [2.05, 4.69) is 24.3 Å². The maximum atomic E-state index is 6.04. The van der Waals surface area contributed by atoms with Crippen LogP contribution in [0, 0.1) is 0 Å². The van der Waals surface area contributed by atoms with Gasteiger partial charge in [-0.05, 0) is 0 Å². The summed E-state index contributed by atoms with van der Waals surface area (Å²) in [4.78, 5) is 0. The molecule has 0 amide bonds. The molecule has 0 aromatic heterocycles. The molecule has 0 nitrogen and oxygen atoms in total. The quantitative estimate of drug-likeness (QED) is 0.746. The van der Waals surface area contributed by atoms with Gasteiger partial charge in [-0.1, -0.05) is 0 Å². The predicted octanol–water partition coefficient (Wildman–Crippen LogP) is 3.30. The zero-order chi connectivity index (χ0) is 8.55. The van der Waals surface area contributed by atoms with Crippen molar-refractivity contribution in [3.05, 3.63) is 41.5 Å². The molecule has 0 aliphatic heterocycles. The Bertz CT molecular complexity index is 320. The van der Waals surface area contributed by atoms with Crippen LogP contribution in [0.25, 0.3) is 6.08 Å². The standard InChI is InChI=1S/C9H7.2ClH.In/c1-2-5-9-7-3-6-8(9)4-1;;;/h1-7H;2*1H;/q;;;+2/p-2. The Hall–Kier alpha value is 0.410. The zero-order valence-electron chi connectivity index (χ0n) is 6.37. The fourth-order valence-corrected chi connectivity index (χ4v) is 6.88. The predicted molar refractivity (Wildman–Crippen MR) is 55.7 cm³/mol. The van der Waals surface area contributed by atoms with Gasteiger partial charge in [0.15, 0.2) is 0 Å². The van der Waals surface area contributed by atoms with Gasteiger partial charge in [0.2, 0.25) is 0 Å². The molecule has 1 aliphatic rings. The Labute approximate surface area is 86.9 Å². The molecule has 1 atom stereocenters. The fraction of sp³-hybridized carbons (Fsp3) is 0.111. The van der Waals surface area contributed by atoms with Crippen LogP contribution in [0.2, 0.25) is 0 Å². The summed E-state index contributed by atoms with van der Waals surface area (Å²) < 4.78 is 0.381. The Morgan fingerprint density at radius 3 is 2.67 bits per heavy atom. The number of halogens is 2. The SMILES string of the molecule is [Cl][In]([Cl])[CH]1C=Cc2ccccc21. The first-order chi connectivity index (χ1) is 5.79. The van der Waals surface area contributed by atoms with E-state index in [9.17, 15) is 0 Å². The third-order valence-electron chi connectivity index (χ3n) is 2.11. The van der Waals surface area contributed by atoms with E-state index in [1.165, 1.54) is 11.1 Å². The molecule has 2 rings (SSSR count). The Morgan fingerprint density at radius 2 is 1.92 bits per heavy atom. The molecule has 1 aliphatic carbocycles. The summed E-state index contributed by atoms with van der Waals surface area (Å²) in [7, 11) is 12.1. The van der Waals surface area contributed by atoms with Crippen LogP contribution < -0.4 is 0 Å². The summed E-state index contributed by atoms with van der Waals surface area (Å²) in [5.74, 6) is 0. The van der Waals surface area contributed by atoms with Crippen molar-refractivity contribution in [3.8, 4) is 0 Å². The van der Waals surface area contributed by atoms with Gasteiger partial charge in [-0.3, -0.25) is 0 Å². The van der Waals surface area contributed by atoms with Gasteiger partial charge < -0.3 is 0 Å². The average Bonchev–Trinajstić information content (AvgIpc) is 2.47. The van der Waals surface area contributed by atoms with Gasteiger partial charge in [0.1, 0.15) is 0 Å². The van der Waals surface area contributed by atoms with Crippen LogP contribution in [-0.4, -0.2) is 19.1 Å². The first kappa shape index (κ1) is 8.98. The van der Waals surface area contributed by atoms with Crippen molar-refractivity contribution in [3.63, 3.8) is 0 Å². The molecular formula is C9H7Cl2In. The van der Waals surface area contributed by atoms with E-state index in [1.54, 1.807) is 0 Å². The van der Waals surface area contributed by atoms with E-state index < -0.39 is 19.1 Å². The molecule has 60 valence electrons. The zero-order valence-corrected chi connectivity index (χ0v) is 11.2. The van der Waals surface area contributed by atoms with Gasteiger partial charge in [-0.15, -0.1) is 0 Å². The number of allylic oxidation sites excluding steroid dienone is 1. The second kappa shape index (κ2) is 3.65. The van der Waals surface area contributed by atoms with Crippen LogP contribution in [0.5, 0.6) is 0 Å². The van der Waals surface area contributed by atoms with Crippen molar-refractivity contribution >= 4 is 42.3 Å². The van der Waals surface area contributed by atoms with Crippen LogP contribution in [0.1, 0.15) is 14.8 Å². The second-order valence-electron chi connectivity index (χ2n) is 2.85. The van der Waals surface area contributed by atoms with Crippen LogP contribution in [0.3, 0.4) is 0 Å². The van der Waals surface area contributed by atoms with Crippen LogP contribution in [0.4, 0.5) is 0 Å². The van der Waals surface area contributed by atoms with Gasteiger partial charge in [0.25, 0.3) is 0 Å². The Kier molecular flexibility index (Phi) is 2.73. The van der Waals surface area contributed by atoms with Gasteiger partial charge in [0.05, 0.1) is 0 Å². The normalized spacial score (nSPS) is 19.3. The second-order valence-corrected chi connectivity index (χ2v) is 14.6. The van der Waals surface area contributed by atoms with Crippen molar-refractivity contribution < 1.29 is 0 Å². The topological polar surface area (TPSA) is 0 Å². The van der Waals surface area contributed by atoms with E-state index >= 15 is 0 Å². The Balaban J connectivity index is 2.42. The first-order valence-electron chi connectivity index (χ1n) is 3.84. The van der Waals surface area contributed by atoms with Crippen LogP contribution in [0.15, 0.2) is 30.3 Å². The van der Waals surface area contributed by atoms with Gasteiger partial charge in [0, 0.05) is 0 Å². The maximum absolute atomic E-state index is 6.04. The molecular weight excluding hydrogens is 294 g/mol. The monoisotopic (exact) mass is 300 g/mol. The number of benzene rings is 1. The van der Waals surface area contributed by atoms with Crippen molar-refractivity contribution in [2.45, 2.75) is 3.67 Å². The molecule has 0 radical (unpaired) electrons. The molecule has 12 heavy (non-hydrogen) atoms. The van der Waals surface area contributed by atoms with E-state index in [0.29, 0.717) is 3.67 Å². The summed E-state index contributed by atoms with van der Waals surface area (Å²) in [6, 6.07) is 8.31. The van der Waals surface area contributed by atoms with Crippen molar-refractivity contribution in [2.24, 2.45) is 0 Å². The molecule has 1 aromatic rings. The molecule has 1 unspecified atom stereocenters. The van der Waals surface area contributed by atoms with Gasteiger partial charge in [-0.2, -0.15) is 0 Å². The van der Waals surface area contributed by atoms with Gasteiger partial charge >= 0.3 is 87.4 Å². The molecule has 0 N–H and O–H groups in total. The summed E-state index contributed by atoms with van der Waals surface area (Å²) in [5, 5.41) is 0. The molecule has 0 saturated heterocycles. The van der Waals surface area contributed by atoms with E-state index in [0.717, 1.165) is 0 Å². The third-order valence-corrected chi connectivity index (χ3v) is 8.96. The summed E-state index contributed by atoms with van der Waals surface area (Å²) in [6.07, 6.45) is 4.26. The number of fused-ring (bicyclic) bond motifs is 1. The third kappa shape index (κ3) is 1.55. The summed E-state index contributed by atoms with van der Waals surface area (Å²) in [5.41, 5.74) is 2.61. The molecule has 1 aromatic carbocycles. The average molecular weight is 301 g/mol. The van der Waals surface area contributed by atoms with Gasteiger partial charge in [-0.25, -0.2) is 0 Å². The summed E-state index contributed by atoms with van der Waals surface area (Å²) >= 11 is -2.25. The number of hydrogen-bond acceptors (Lipinski definition) is 0. The van der Waals surface area contributed by atoms with E-state index in [4.69, 9.17) is 17.2 Å².